The molecular formula is C21H28F3N5O2. The van der Waals surface area contributed by atoms with Crippen LogP contribution in [0.5, 0.6) is 0 Å². The highest BCUT2D eigenvalue weighted by Gasteiger charge is 2.35. The van der Waals surface area contributed by atoms with Gasteiger partial charge >= 0.3 is 6.18 Å². The monoisotopic (exact) mass is 439 g/mol. The number of nitrogens with zero attached hydrogens (tertiary/aromatic N) is 2. The number of fused-ring (bicyclic) bond motifs is 1. The maximum Gasteiger partial charge on any atom is 0.416 e. The molecule has 1 amide bonds. The van der Waals surface area contributed by atoms with Gasteiger partial charge in [-0.3, -0.25) is 14.8 Å². The van der Waals surface area contributed by atoms with Crippen molar-refractivity contribution in [2.24, 2.45) is 5.92 Å². The zero-order valence-corrected chi connectivity index (χ0v) is 17.5. The first-order chi connectivity index (χ1) is 14.8. The summed E-state index contributed by atoms with van der Waals surface area (Å²) in [5.41, 5.74) is -0.273. The van der Waals surface area contributed by atoms with E-state index in [4.69, 9.17) is 4.74 Å². The van der Waals surface area contributed by atoms with Crippen LogP contribution in [0.15, 0.2) is 18.2 Å². The number of aromatic amines is 1. The van der Waals surface area contributed by atoms with E-state index in [1.54, 1.807) is 7.11 Å². The summed E-state index contributed by atoms with van der Waals surface area (Å²) < 4.78 is 44.1. The Kier molecular flexibility index (Phi) is 6.38. The van der Waals surface area contributed by atoms with E-state index in [1.807, 2.05) is 0 Å². The summed E-state index contributed by atoms with van der Waals surface area (Å²) in [6.45, 7) is 2.47. The minimum Gasteiger partial charge on any atom is -0.384 e. The van der Waals surface area contributed by atoms with Crippen molar-refractivity contribution in [2.45, 2.75) is 43.9 Å². The van der Waals surface area contributed by atoms with Crippen molar-refractivity contribution < 1.29 is 22.7 Å². The van der Waals surface area contributed by atoms with Gasteiger partial charge < -0.3 is 15.4 Å². The molecule has 7 nitrogen and oxygen atoms in total. The number of aromatic nitrogens is 2. The lowest BCUT2D eigenvalue weighted by Gasteiger charge is -2.46. The number of likely N-dealkylation sites (tertiary alicyclic amines) is 1. The number of amides is 1. The van der Waals surface area contributed by atoms with Gasteiger partial charge in [0, 0.05) is 38.2 Å². The molecule has 1 aliphatic carbocycles. The normalized spacial score (nSPS) is 23.0. The number of ether oxygens (including phenoxy) is 1. The Morgan fingerprint density at radius 2 is 2.00 bits per heavy atom. The number of H-pyrrole nitrogens is 1. The lowest BCUT2D eigenvalue weighted by Crippen LogP contribution is -2.63. The van der Waals surface area contributed by atoms with Crippen LogP contribution >= 0.6 is 0 Å². The van der Waals surface area contributed by atoms with Gasteiger partial charge in [-0.2, -0.15) is 18.3 Å². The topological polar surface area (TPSA) is 82.3 Å². The van der Waals surface area contributed by atoms with Crippen LogP contribution in [0.2, 0.25) is 0 Å². The highest BCUT2D eigenvalue weighted by atomic mass is 19.4. The average molecular weight is 439 g/mol. The molecule has 2 aromatic rings. The van der Waals surface area contributed by atoms with Crippen molar-refractivity contribution >= 4 is 22.6 Å². The Morgan fingerprint density at radius 1 is 1.26 bits per heavy atom. The number of nitrogens with one attached hydrogen (secondary N) is 3. The molecule has 2 aliphatic rings. The number of rotatable bonds is 7. The Balaban J connectivity index is 1.22. The maximum atomic E-state index is 13.0. The number of alkyl halides is 3. The zero-order valence-electron chi connectivity index (χ0n) is 17.5. The van der Waals surface area contributed by atoms with Gasteiger partial charge in [-0.1, -0.05) is 0 Å². The summed E-state index contributed by atoms with van der Waals surface area (Å²) in [5.74, 6) is 0.699. The van der Waals surface area contributed by atoms with Crippen LogP contribution in [0, 0.1) is 5.92 Å². The number of halogens is 3. The van der Waals surface area contributed by atoms with E-state index < -0.39 is 11.7 Å². The second-order valence-corrected chi connectivity index (χ2v) is 8.53. The molecule has 31 heavy (non-hydrogen) atoms. The summed E-state index contributed by atoms with van der Waals surface area (Å²) in [5, 5.41) is 12.8. The van der Waals surface area contributed by atoms with E-state index in [0.29, 0.717) is 22.9 Å². The van der Waals surface area contributed by atoms with E-state index in [1.165, 1.54) is 31.7 Å². The first-order valence-corrected chi connectivity index (χ1v) is 10.6. The number of carbonyl (C=O) groups is 1. The van der Waals surface area contributed by atoms with Crippen molar-refractivity contribution in [3.05, 3.63) is 23.8 Å². The molecule has 1 aliphatic heterocycles. The van der Waals surface area contributed by atoms with Gasteiger partial charge in [0.15, 0.2) is 5.82 Å². The van der Waals surface area contributed by atoms with Gasteiger partial charge in [-0.15, -0.1) is 0 Å². The predicted octanol–water partition coefficient (Wildman–Crippen LogP) is 3.00. The lowest BCUT2D eigenvalue weighted by atomic mass is 9.84. The van der Waals surface area contributed by atoms with E-state index in [-0.39, 0.29) is 24.3 Å². The summed E-state index contributed by atoms with van der Waals surface area (Å²) in [7, 11) is 1.75. The second kappa shape index (κ2) is 9.04. The molecule has 3 N–H and O–H groups in total. The summed E-state index contributed by atoms with van der Waals surface area (Å²) in [4.78, 5) is 14.7. The molecular weight excluding hydrogens is 411 g/mol. The Hall–Kier alpha value is -2.33. The van der Waals surface area contributed by atoms with Gasteiger partial charge in [0.25, 0.3) is 0 Å². The van der Waals surface area contributed by atoms with E-state index in [2.05, 4.69) is 25.7 Å². The SMILES string of the molecule is COCC1CCC(N2CC(NC(=O)CNc3n[nH]c4ccc(C(F)(F)F)cc34)C2)CC1. The molecule has 1 saturated heterocycles. The molecule has 2 fully saturated rings. The van der Waals surface area contributed by atoms with Crippen molar-refractivity contribution in [1.29, 1.82) is 0 Å². The fourth-order valence-electron chi connectivity index (χ4n) is 4.58. The number of carbonyl (C=O) groups excluding carboxylic acids is 1. The van der Waals surface area contributed by atoms with E-state index >= 15 is 0 Å². The average Bonchev–Trinajstić information content (AvgIpc) is 3.11. The fraction of sp³-hybridized carbons (Fsp3) is 0.619. The van der Waals surface area contributed by atoms with Crippen molar-refractivity contribution in [2.75, 3.05) is 38.7 Å². The molecule has 1 aromatic heterocycles. The first kappa shape index (κ1) is 21.9. The van der Waals surface area contributed by atoms with E-state index in [0.717, 1.165) is 31.8 Å². The molecule has 1 aromatic carbocycles. The summed E-state index contributed by atoms with van der Waals surface area (Å²) >= 11 is 0. The molecule has 0 unspecified atom stereocenters. The van der Waals surface area contributed by atoms with E-state index in [9.17, 15) is 18.0 Å². The van der Waals surface area contributed by atoms with Crippen LogP contribution in [0.25, 0.3) is 10.9 Å². The standard InChI is InChI=1S/C21H28F3N5O2/c1-31-12-13-2-5-16(6-3-13)29-10-15(11-29)26-19(30)9-25-20-17-8-14(21(22,23)24)4-7-18(17)27-28-20/h4,7-8,13,15-16H,2-3,5-6,9-12H2,1H3,(H,26,30)(H2,25,27,28). The molecule has 4 rings (SSSR count). The van der Waals surface area contributed by atoms with Crippen LogP contribution in [0.1, 0.15) is 31.2 Å². The quantitative estimate of drug-likeness (QED) is 0.618. The third-order valence-corrected chi connectivity index (χ3v) is 6.32. The molecule has 10 heteroatoms. The van der Waals surface area contributed by atoms with Crippen LogP contribution in [-0.4, -0.2) is 66.4 Å². The summed E-state index contributed by atoms with van der Waals surface area (Å²) in [6.07, 6.45) is 0.275. The van der Waals surface area contributed by atoms with Gasteiger partial charge in [-0.05, 0) is 49.8 Å². The number of hydrogen-bond donors (Lipinski definition) is 3. The van der Waals surface area contributed by atoms with Crippen LogP contribution in [0.3, 0.4) is 0 Å². The zero-order chi connectivity index (χ0) is 22.0. The van der Waals surface area contributed by atoms with Crippen molar-refractivity contribution in [1.82, 2.24) is 20.4 Å². The number of benzene rings is 1. The van der Waals surface area contributed by atoms with Gasteiger partial charge in [0.2, 0.25) is 5.91 Å². The van der Waals surface area contributed by atoms with Crippen LogP contribution < -0.4 is 10.6 Å². The third kappa shape index (κ3) is 5.12. The smallest absolute Gasteiger partial charge is 0.384 e. The highest BCUT2D eigenvalue weighted by Crippen LogP contribution is 2.33. The van der Waals surface area contributed by atoms with Gasteiger partial charge in [-0.25, -0.2) is 0 Å². The predicted molar refractivity (Wildman–Crippen MR) is 111 cm³/mol. The molecule has 1 saturated carbocycles. The molecule has 0 spiro atoms. The maximum absolute atomic E-state index is 13.0. The van der Waals surface area contributed by atoms with Crippen LogP contribution in [-0.2, 0) is 15.7 Å². The second-order valence-electron chi connectivity index (χ2n) is 8.53. The Bertz CT molecular complexity index is 902. The minimum atomic E-state index is -4.43. The largest absolute Gasteiger partial charge is 0.416 e. The summed E-state index contributed by atoms with van der Waals surface area (Å²) in [6, 6.07) is 4.06. The fourth-order valence-corrected chi connectivity index (χ4v) is 4.58. The van der Waals surface area contributed by atoms with Gasteiger partial charge in [0.05, 0.1) is 23.7 Å². The lowest BCUT2D eigenvalue weighted by molar-refractivity contribution is -0.137. The molecule has 0 atom stereocenters. The highest BCUT2D eigenvalue weighted by molar-refractivity contribution is 5.92. The van der Waals surface area contributed by atoms with Crippen LogP contribution in [0.4, 0.5) is 19.0 Å². The van der Waals surface area contributed by atoms with Gasteiger partial charge in [0.1, 0.15) is 0 Å². The Morgan fingerprint density at radius 3 is 2.68 bits per heavy atom. The number of hydrogen-bond acceptors (Lipinski definition) is 5. The minimum absolute atomic E-state index is 0.0468. The number of methoxy groups -OCH3 is 1. The molecule has 2 heterocycles. The Labute approximate surface area is 178 Å². The molecule has 0 radical (unpaired) electrons. The number of anilines is 1. The molecule has 170 valence electrons. The van der Waals surface area contributed by atoms with Crippen molar-refractivity contribution in [3.8, 4) is 0 Å². The third-order valence-electron chi connectivity index (χ3n) is 6.32. The van der Waals surface area contributed by atoms with Crippen molar-refractivity contribution in [3.63, 3.8) is 0 Å². The molecule has 0 bridgehead atoms. The first-order valence-electron chi connectivity index (χ1n) is 10.6.